The number of fused-ring (bicyclic) bond motifs is 2. The number of quaternary nitrogens is 1. The SMILES string of the molecule is Cc1cccc(-c2cccs2)c1NC(=O)OC1CC2CCC(C1)[N+]2(C)C. The number of benzene rings is 1. The summed E-state index contributed by atoms with van der Waals surface area (Å²) in [6.07, 6.45) is 4.16. The van der Waals surface area contributed by atoms with E-state index in [1.54, 1.807) is 11.3 Å². The molecule has 1 amide bonds. The van der Waals surface area contributed by atoms with Gasteiger partial charge >= 0.3 is 6.09 Å². The first kappa shape index (κ1) is 17.6. The smallest absolute Gasteiger partial charge is 0.411 e. The van der Waals surface area contributed by atoms with E-state index in [1.165, 1.54) is 12.8 Å². The quantitative estimate of drug-likeness (QED) is 0.768. The zero-order chi connectivity index (χ0) is 18.3. The Morgan fingerprint density at radius 2 is 1.88 bits per heavy atom. The molecule has 1 N–H and O–H groups in total. The van der Waals surface area contributed by atoms with Crippen LogP contribution in [0.2, 0.25) is 0 Å². The number of hydrogen-bond donors (Lipinski definition) is 1. The molecule has 5 heteroatoms. The van der Waals surface area contributed by atoms with E-state index in [0.717, 1.165) is 39.0 Å². The van der Waals surface area contributed by atoms with E-state index in [9.17, 15) is 4.79 Å². The molecule has 2 atom stereocenters. The van der Waals surface area contributed by atoms with Crippen LogP contribution in [-0.2, 0) is 4.74 Å². The number of hydrogen-bond acceptors (Lipinski definition) is 3. The number of aryl methyl sites for hydroxylation is 1. The number of nitrogens with zero attached hydrogens (tertiary/aromatic N) is 1. The largest absolute Gasteiger partial charge is 0.445 e. The van der Waals surface area contributed by atoms with E-state index >= 15 is 0 Å². The van der Waals surface area contributed by atoms with Crippen LogP contribution in [0, 0.1) is 6.92 Å². The molecule has 0 aliphatic carbocycles. The van der Waals surface area contributed by atoms with Gasteiger partial charge in [0.25, 0.3) is 0 Å². The summed E-state index contributed by atoms with van der Waals surface area (Å²) in [7, 11) is 4.64. The van der Waals surface area contributed by atoms with Crippen LogP contribution in [0.1, 0.15) is 31.2 Å². The fraction of sp³-hybridized carbons (Fsp3) is 0.476. The van der Waals surface area contributed by atoms with Crippen LogP contribution in [0.5, 0.6) is 0 Å². The lowest BCUT2D eigenvalue weighted by Gasteiger charge is -2.43. The molecule has 0 radical (unpaired) electrons. The molecule has 1 aromatic carbocycles. The van der Waals surface area contributed by atoms with Crippen molar-refractivity contribution in [2.24, 2.45) is 0 Å². The predicted octanol–water partition coefficient (Wildman–Crippen LogP) is 5.04. The van der Waals surface area contributed by atoms with E-state index in [2.05, 4.69) is 36.9 Å². The molecule has 2 fully saturated rings. The number of para-hydroxylation sites is 1. The molecular weight excluding hydrogens is 344 g/mol. The average molecular weight is 372 g/mol. The maximum Gasteiger partial charge on any atom is 0.411 e. The molecule has 2 bridgehead atoms. The summed E-state index contributed by atoms with van der Waals surface area (Å²) in [5.74, 6) is 0. The second kappa shape index (κ2) is 6.71. The highest BCUT2D eigenvalue weighted by molar-refractivity contribution is 7.13. The van der Waals surface area contributed by atoms with Gasteiger partial charge in [0.1, 0.15) is 6.10 Å². The molecule has 1 aromatic heterocycles. The topological polar surface area (TPSA) is 38.3 Å². The molecule has 2 aliphatic rings. The van der Waals surface area contributed by atoms with Gasteiger partial charge < -0.3 is 9.22 Å². The minimum absolute atomic E-state index is 0.0351. The average Bonchev–Trinajstić information content (AvgIpc) is 3.13. The Kier molecular flexibility index (Phi) is 4.53. The fourth-order valence-electron chi connectivity index (χ4n) is 4.68. The van der Waals surface area contributed by atoms with Gasteiger partial charge in [0, 0.05) is 36.1 Å². The molecule has 26 heavy (non-hydrogen) atoms. The molecule has 0 spiro atoms. The molecule has 4 rings (SSSR count). The Bertz CT molecular complexity index is 784. The minimum atomic E-state index is -0.325. The van der Waals surface area contributed by atoms with E-state index in [-0.39, 0.29) is 12.2 Å². The third kappa shape index (κ3) is 3.14. The summed E-state index contributed by atoms with van der Waals surface area (Å²) in [5.41, 5.74) is 2.96. The van der Waals surface area contributed by atoms with E-state index in [0.29, 0.717) is 12.1 Å². The summed E-state index contributed by atoms with van der Waals surface area (Å²) in [5, 5.41) is 5.08. The van der Waals surface area contributed by atoms with Gasteiger partial charge in [-0.3, -0.25) is 5.32 Å². The third-order valence-corrected chi connectivity index (χ3v) is 7.25. The van der Waals surface area contributed by atoms with Crippen LogP contribution in [0.15, 0.2) is 35.7 Å². The maximum atomic E-state index is 12.6. The first-order valence-corrected chi connectivity index (χ1v) is 10.3. The van der Waals surface area contributed by atoms with Gasteiger partial charge in [0.15, 0.2) is 0 Å². The first-order chi connectivity index (χ1) is 12.4. The van der Waals surface area contributed by atoms with Crippen molar-refractivity contribution in [2.45, 2.75) is 50.8 Å². The highest BCUT2D eigenvalue weighted by Crippen LogP contribution is 2.41. The van der Waals surface area contributed by atoms with Gasteiger partial charge in [-0.2, -0.15) is 0 Å². The van der Waals surface area contributed by atoms with Gasteiger partial charge in [0.05, 0.1) is 31.9 Å². The Morgan fingerprint density at radius 1 is 1.15 bits per heavy atom. The van der Waals surface area contributed by atoms with Gasteiger partial charge in [-0.25, -0.2) is 4.79 Å². The number of rotatable bonds is 3. The van der Waals surface area contributed by atoms with Crippen molar-refractivity contribution in [1.82, 2.24) is 0 Å². The Balaban J connectivity index is 1.47. The van der Waals surface area contributed by atoms with Crippen LogP contribution < -0.4 is 5.32 Å². The van der Waals surface area contributed by atoms with Crippen molar-refractivity contribution in [3.8, 4) is 10.4 Å². The van der Waals surface area contributed by atoms with Crippen molar-refractivity contribution in [2.75, 3.05) is 19.4 Å². The summed E-state index contributed by atoms with van der Waals surface area (Å²) in [6, 6.07) is 11.4. The Morgan fingerprint density at radius 3 is 2.54 bits per heavy atom. The van der Waals surface area contributed by atoms with Crippen molar-refractivity contribution in [1.29, 1.82) is 0 Å². The molecular formula is C21H27N2O2S+. The van der Waals surface area contributed by atoms with Gasteiger partial charge in [-0.05, 0) is 23.9 Å². The maximum absolute atomic E-state index is 12.6. The van der Waals surface area contributed by atoms with Crippen molar-refractivity contribution < 1.29 is 14.0 Å². The van der Waals surface area contributed by atoms with Crippen molar-refractivity contribution in [3.05, 3.63) is 41.3 Å². The number of nitrogens with one attached hydrogen (secondary N) is 1. The van der Waals surface area contributed by atoms with Crippen LogP contribution in [0.4, 0.5) is 10.5 Å². The number of piperidine rings is 1. The van der Waals surface area contributed by atoms with Crippen LogP contribution in [-0.4, -0.2) is 42.9 Å². The molecule has 138 valence electrons. The summed E-state index contributed by atoms with van der Waals surface area (Å²) in [4.78, 5) is 13.8. The lowest BCUT2D eigenvalue weighted by molar-refractivity contribution is -0.931. The number of carbonyl (C=O) groups is 1. The molecule has 0 saturated carbocycles. The standard InChI is InChI=1S/C21H26N2O2S/c1-14-6-4-7-18(19-8-5-11-26-19)20(14)22-21(24)25-17-12-15-9-10-16(13-17)23(15,2)3/h4-8,11,15-17H,9-10,12-13H2,1-3H3/p+1. The van der Waals surface area contributed by atoms with E-state index < -0.39 is 0 Å². The number of amides is 1. The van der Waals surface area contributed by atoms with Crippen molar-refractivity contribution >= 4 is 23.1 Å². The molecule has 2 unspecified atom stereocenters. The number of anilines is 1. The summed E-state index contributed by atoms with van der Waals surface area (Å²) >= 11 is 1.68. The lowest BCUT2D eigenvalue weighted by atomic mass is 9.98. The van der Waals surface area contributed by atoms with E-state index in [4.69, 9.17) is 4.74 Å². The number of ether oxygens (including phenoxy) is 1. The highest BCUT2D eigenvalue weighted by atomic mass is 32.1. The summed E-state index contributed by atoms with van der Waals surface area (Å²) < 4.78 is 6.93. The van der Waals surface area contributed by atoms with Crippen LogP contribution in [0.25, 0.3) is 10.4 Å². The molecule has 4 nitrogen and oxygen atoms in total. The number of thiophene rings is 1. The van der Waals surface area contributed by atoms with E-state index in [1.807, 2.05) is 25.1 Å². The zero-order valence-corrected chi connectivity index (χ0v) is 16.5. The Labute approximate surface area is 159 Å². The molecule has 2 aliphatic heterocycles. The second-order valence-electron chi connectivity index (χ2n) is 8.11. The second-order valence-corrected chi connectivity index (χ2v) is 9.06. The van der Waals surface area contributed by atoms with Crippen LogP contribution >= 0.6 is 11.3 Å². The predicted molar refractivity (Wildman–Crippen MR) is 107 cm³/mol. The van der Waals surface area contributed by atoms with Crippen LogP contribution in [0.3, 0.4) is 0 Å². The number of carbonyl (C=O) groups excluding carboxylic acids is 1. The highest BCUT2D eigenvalue weighted by Gasteiger charge is 2.49. The molecule has 2 saturated heterocycles. The van der Waals surface area contributed by atoms with Crippen molar-refractivity contribution in [3.63, 3.8) is 0 Å². The molecule has 3 heterocycles. The summed E-state index contributed by atoms with van der Waals surface area (Å²) in [6.45, 7) is 2.02. The van der Waals surface area contributed by atoms with Gasteiger partial charge in [-0.1, -0.05) is 24.3 Å². The third-order valence-electron chi connectivity index (χ3n) is 6.35. The van der Waals surface area contributed by atoms with Gasteiger partial charge in [0.2, 0.25) is 0 Å². The monoisotopic (exact) mass is 371 g/mol. The zero-order valence-electron chi connectivity index (χ0n) is 15.7. The normalized spacial score (nSPS) is 26.5. The first-order valence-electron chi connectivity index (χ1n) is 9.39. The van der Waals surface area contributed by atoms with Gasteiger partial charge in [-0.15, -0.1) is 11.3 Å². The molecule has 2 aromatic rings. The fourth-order valence-corrected chi connectivity index (χ4v) is 5.44. The lowest BCUT2D eigenvalue weighted by Crippen LogP contribution is -2.56. The Hall–Kier alpha value is -1.85. The minimum Gasteiger partial charge on any atom is -0.445 e.